The number of hydrogen-bond donors (Lipinski definition) is 0. The molecule has 0 radical (unpaired) electrons. The average molecular weight is 671 g/mol. The first-order valence-electron chi connectivity index (χ1n) is 14.7. The molecule has 0 spiro atoms. The standard InChI is InChI=1S/C17H17.C13H10.C9H13.2ClH.Zr/c1-3-12-5-7-16-14(9-12)11-15-10-13(4-2)6-8-17(15)16;1-3-7-12(8-4-1)11-13-9-5-2-6-10-13;1-3-8-5-6-9(4-2)7-8;;;/h5-11H,3-4H2,1-2H3;1-10H;7H,3-5H2,1-2H3;2*1H;/q-1;;-1;;;+2/p-2. The van der Waals surface area contributed by atoms with Crippen molar-refractivity contribution >= 4 is 24.8 Å². The zero-order chi connectivity index (χ0) is 28.3. The average Bonchev–Trinajstić information content (AvgIpc) is 3.65. The Labute approximate surface area is 280 Å². The first-order valence-corrected chi connectivity index (χ1v) is 15.9. The summed E-state index contributed by atoms with van der Waals surface area (Å²) in [6.45, 7) is 8.79. The van der Waals surface area contributed by atoms with Gasteiger partial charge < -0.3 is 24.8 Å². The number of fused-ring (bicyclic) bond motifs is 3. The number of hydrogen-bond acceptors (Lipinski definition) is 0. The van der Waals surface area contributed by atoms with Gasteiger partial charge in [-0.05, 0) is 12.8 Å². The van der Waals surface area contributed by atoms with Crippen LogP contribution in [0.1, 0.15) is 69.2 Å². The molecule has 0 fully saturated rings. The predicted molar refractivity (Wildman–Crippen MR) is 172 cm³/mol. The van der Waals surface area contributed by atoms with Crippen molar-refractivity contribution in [2.45, 2.75) is 59.8 Å². The third-order valence-corrected chi connectivity index (χ3v) is 8.95. The second kappa shape index (κ2) is 18.3. The van der Waals surface area contributed by atoms with Crippen molar-refractivity contribution in [1.82, 2.24) is 0 Å². The summed E-state index contributed by atoms with van der Waals surface area (Å²) >= 11 is 1.46. The van der Waals surface area contributed by atoms with E-state index >= 15 is 0 Å². The van der Waals surface area contributed by atoms with Crippen LogP contribution in [0.25, 0.3) is 21.5 Å². The molecule has 0 bridgehead atoms. The van der Waals surface area contributed by atoms with E-state index in [-0.39, 0.29) is 24.8 Å². The van der Waals surface area contributed by atoms with Gasteiger partial charge in [0.25, 0.3) is 0 Å². The summed E-state index contributed by atoms with van der Waals surface area (Å²) in [5.41, 5.74) is 8.43. The third kappa shape index (κ3) is 9.54. The Morgan fingerprint density at radius 3 is 1.48 bits per heavy atom. The van der Waals surface area contributed by atoms with E-state index in [1.54, 1.807) is 0 Å². The molecule has 0 saturated heterocycles. The first-order chi connectivity index (χ1) is 19.6. The molecule has 5 aromatic rings. The second-order valence-corrected chi connectivity index (χ2v) is 11.4. The second-order valence-electron chi connectivity index (χ2n) is 10.2. The zero-order valence-electron chi connectivity index (χ0n) is 25.2. The summed E-state index contributed by atoms with van der Waals surface area (Å²) in [5, 5.41) is 5.54. The van der Waals surface area contributed by atoms with Gasteiger partial charge in [-0.25, -0.2) is 11.6 Å². The van der Waals surface area contributed by atoms with Crippen LogP contribution in [0, 0.1) is 6.08 Å². The molecule has 0 aliphatic heterocycles. The van der Waals surface area contributed by atoms with E-state index in [2.05, 4.69) is 143 Å². The van der Waals surface area contributed by atoms with Crippen LogP contribution in [-0.2, 0) is 37.1 Å². The van der Waals surface area contributed by atoms with E-state index in [0.717, 1.165) is 25.7 Å². The third-order valence-electron chi connectivity index (χ3n) is 7.53. The molecule has 0 saturated carbocycles. The fourth-order valence-electron chi connectivity index (χ4n) is 4.97. The topological polar surface area (TPSA) is 0 Å². The van der Waals surface area contributed by atoms with Crippen LogP contribution in [-0.4, -0.2) is 3.21 Å². The van der Waals surface area contributed by atoms with Crippen LogP contribution in [0.5, 0.6) is 0 Å². The van der Waals surface area contributed by atoms with E-state index in [0.29, 0.717) is 0 Å². The molecule has 0 amide bonds. The molecule has 0 heterocycles. The Hall–Kier alpha value is -2.44. The predicted octanol–water partition coefficient (Wildman–Crippen LogP) is 4.51. The van der Waals surface area contributed by atoms with Crippen molar-refractivity contribution in [3.8, 4) is 0 Å². The summed E-state index contributed by atoms with van der Waals surface area (Å²) in [7, 11) is 0. The van der Waals surface area contributed by atoms with Crippen LogP contribution in [0.2, 0.25) is 0 Å². The van der Waals surface area contributed by atoms with Crippen molar-refractivity contribution in [1.29, 1.82) is 0 Å². The first kappa shape index (κ1) is 35.8. The van der Waals surface area contributed by atoms with Crippen molar-refractivity contribution < 1.29 is 49.0 Å². The summed E-state index contributed by atoms with van der Waals surface area (Å²) < 4.78 is 1.42. The van der Waals surface area contributed by atoms with Gasteiger partial charge in [-0.1, -0.05) is 75.9 Å². The molecule has 0 atom stereocenters. The molecule has 5 aromatic carbocycles. The maximum atomic E-state index is 3.33. The summed E-state index contributed by atoms with van der Waals surface area (Å²) in [4.78, 5) is 0. The van der Waals surface area contributed by atoms with Crippen molar-refractivity contribution in [3.05, 3.63) is 149 Å². The molecule has 6 rings (SSSR count). The molecule has 3 heteroatoms. The summed E-state index contributed by atoms with van der Waals surface area (Å²) in [5.74, 6) is 0. The summed E-state index contributed by atoms with van der Waals surface area (Å²) in [6, 6.07) is 37.1. The van der Waals surface area contributed by atoms with Gasteiger partial charge in [-0.3, -0.25) is 6.08 Å². The van der Waals surface area contributed by atoms with Crippen LogP contribution in [0.15, 0.2) is 120 Å². The molecular formula is C39H40Cl2Zr-2. The van der Waals surface area contributed by atoms with Gasteiger partial charge in [0, 0.05) is 0 Å². The Kier molecular flexibility index (Phi) is 15.6. The van der Waals surface area contributed by atoms with Crippen molar-refractivity contribution in [2.75, 3.05) is 0 Å². The quantitative estimate of drug-likeness (QED) is 0.234. The molecule has 1 aliphatic carbocycles. The Balaban J connectivity index is 0.000000225. The number of rotatable bonds is 6. The number of halogens is 2. The van der Waals surface area contributed by atoms with Crippen LogP contribution < -0.4 is 24.8 Å². The van der Waals surface area contributed by atoms with Gasteiger partial charge in [0.15, 0.2) is 0 Å². The molecule has 0 N–H and O–H groups in total. The Bertz CT molecular complexity index is 1510. The fraction of sp³-hybridized carbons (Fsp3) is 0.231. The minimum absolute atomic E-state index is 0. The molecule has 216 valence electrons. The van der Waals surface area contributed by atoms with Crippen molar-refractivity contribution in [3.63, 3.8) is 0 Å². The number of aryl methyl sites for hydroxylation is 2. The molecule has 0 aromatic heterocycles. The van der Waals surface area contributed by atoms with Crippen LogP contribution in [0.4, 0.5) is 0 Å². The van der Waals surface area contributed by atoms with E-state index in [1.807, 2.05) is 0 Å². The SMILES string of the molecule is CCC1=[C-]CC(CC)=C1.CCc1ccc2c(c1)[cH-]c1cc(CC)ccc12.[Cl-].[Cl-].[Zr+2]=[C](c1ccccc1)c1ccccc1. The van der Waals surface area contributed by atoms with Crippen LogP contribution in [0.3, 0.4) is 0 Å². The van der Waals surface area contributed by atoms with E-state index in [9.17, 15) is 0 Å². The van der Waals surface area contributed by atoms with Gasteiger partial charge in [-0.2, -0.15) is 5.57 Å². The van der Waals surface area contributed by atoms with Gasteiger partial charge >= 0.3 is 99.2 Å². The molecule has 42 heavy (non-hydrogen) atoms. The maximum absolute atomic E-state index is 3.33. The normalized spacial score (nSPS) is 11.7. The van der Waals surface area contributed by atoms with Gasteiger partial charge in [0.2, 0.25) is 0 Å². The number of benzene rings is 4. The molecule has 1 aliphatic rings. The molecule has 0 unspecified atom stereocenters. The zero-order valence-corrected chi connectivity index (χ0v) is 29.2. The number of allylic oxidation sites excluding steroid dienone is 4. The summed E-state index contributed by atoms with van der Waals surface area (Å²) in [6.07, 6.45) is 11.2. The fourth-order valence-corrected chi connectivity index (χ4v) is 5.79. The van der Waals surface area contributed by atoms with Crippen molar-refractivity contribution in [2.24, 2.45) is 0 Å². The Morgan fingerprint density at radius 2 is 1.12 bits per heavy atom. The van der Waals surface area contributed by atoms with Gasteiger partial charge in [0.1, 0.15) is 0 Å². The van der Waals surface area contributed by atoms with E-state index in [1.165, 1.54) is 88.8 Å². The molecule has 0 nitrogen and oxygen atoms in total. The molecular weight excluding hydrogens is 631 g/mol. The van der Waals surface area contributed by atoms with Gasteiger partial charge in [-0.15, -0.1) is 46.2 Å². The van der Waals surface area contributed by atoms with Crippen LogP contribution >= 0.6 is 0 Å². The van der Waals surface area contributed by atoms with E-state index in [4.69, 9.17) is 0 Å². The van der Waals surface area contributed by atoms with Gasteiger partial charge in [0.05, 0.1) is 0 Å². The van der Waals surface area contributed by atoms with E-state index < -0.39 is 0 Å². The minimum atomic E-state index is 0. The Morgan fingerprint density at radius 1 is 0.643 bits per heavy atom. The monoisotopic (exact) mass is 668 g/mol.